The molecule has 0 aliphatic carbocycles. The van der Waals surface area contributed by atoms with Crippen molar-refractivity contribution in [3.05, 3.63) is 28.8 Å². The van der Waals surface area contributed by atoms with Gasteiger partial charge in [0.15, 0.2) is 0 Å². The van der Waals surface area contributed by atoms with Gasteiger partial charge in [0.2, 0.25) is 0 Å². The van der Waals surface area contributed by atoms with E-state index in [1.165, 1.54) is 0 Å². The van der Waals surface area contributed by atoms with Gasteiger partial charge >= 0.3 is 0 Å². The highest BCUT2D eigenvalue weighted by Crippen LogP contribution is 2.30. The van der Waals surface area contributed by atoms with Gasteiger partial charge in [-0.25, -0.2) is 0 Å². The van der Waals surface area contributed by atoms with Gasteiger partial charge in [-0.3, -0.25) is 0 Å². The molecule has 1 aromatic rings. The van der Waals surface area contributed by atoms with Crippen LogP contribution in [0.15, 0.2) is 18.2 Å². The van der Waals surface area contributed by atoms with Crippen LogP contribution in [0.2, 0.25) is 5.02 Å². The Kier molecular flexibility index (Phi) is 2.39. The molecule has 1 fully saturated rings. The minimum absolute atomic E-state index is 0.151. The van der Waals surface area contributed by atoms with Gasteiger partial charge in [-0.15, -0.1) is 0 Å². The van der Waals surface area contributed by atoms with Gasteiger partial charge in [0.1, 0.15) is 5.75 Å². The van der Waals surface area contributed by atoms with Crippen molar-refractivity contribution in [2.45, 2.75) is 12.0 Å². The predicted octanol–water partition coefficient (Wildman–Crippen LogP) is 0.922. The second-order valence-corrected chi connectivity index (χ2v) is 4.15. The molecule has 0 bridgehead atoms. The predicted molar refractivity (Wildman–Crippen MR) is 54.6 cm³/mol. The van der Waals surface area contributed by atoms with E-state index >= 15 is 0 Å². The topological polar surface area (TPSA) is 52.5 Å². The Morgan fingerprint density at radius 2 is 2.14 bits per heavy atom. The lowest BCUT2D eigenvalue weighted by molar-refractivity contribution is -0.00942. The molecule has 1 aromatic carbocycles. The summed E-state index contributed by atoms with van der Waals surface area (Å²) in [7, 11) is 0. The molecule has 3 N–H and O–H groups in total. The summed E-state index contributed by atoms with van der Waals surface area (Å²) in [6, 6.07) is 4.98. The van der Waals surface area contributed by atoms with Crippen molar-refractivity contribution in [3.8, 4) is 5.75 Å². The number of nitrogens with one attached hydrogen (secondary N) is 1. The summed E-state index contributed by atoms with van der Waals surface area (Å²) in [6.07, 6.45) is 0.394. The van der Waals surface area contributed by atoms with Gasteiger partial charge in [0.05, 0.1) is 5.60 Å². The van der Waals surface area contributed by atoms with Crippen LogP contribution >= 0.6 is 11.6 Å². The van der Waals surface area contributed by atoms with Crippen molar-refractivity contribution >= 4 is 11.6 Å². The number of β-amino-alcohol motifs (C(OH)–C–C–N with tert-alkyl or cyclic N) is 1. The summed E-state index contributed by atoms with van der Waals surface area (Å²) in [6.45, 7) is 1.11. The summed E-state index contributed by atoms with van der Waals surface area (Å²) < 4.78 is 0. The summed E-state index contributed by atoms with van der Waals surface area (Å²) in [4.78, 5) is 0. The number of hydrogen-bond donors (Lipinski definition) is 3. The molecule has 1 aliphatic heterocycles. The lowest BCUT2D eigenvalue weighted by Gasteiger charge is -2.38. The van der Waals surface area contributed by atoms with Crippen LogP contribution in [0.1, 0.15) is 5.56 Å². The molecule has 0 amide bonds. The van der Waals surface area contributed by atoms with E-state index in [0.717, 1.165) is 0 Å². The number of phenolic OH excluding ortho intramolecular Hbond substituents is 1. The van der Waals surface area contributed by atoms with Gasteiger partial charge in [0.25, 0.3) is 0 Å². The molecular weight excluding hydrogens is 202 g/mol. The van der Waals surface area contributed by atoms with E-state index in [1.807, 2.05) is 0 Å². The van der Waals surface area contributed by atoms with Gasteiger partial charge in [-0.05, 0) is 12.1 Å². The summed E-state index contributed by atoms with van der Waals surface area (Å²) in [5.74, 6) is 0.151. The maximum Gasteiger partial charge on any atom is 0.120 e. The number of hydrogen-bond acceptors (Lipinski definition) is 3. The molecule has 0 aromatic heterocycles. The highest BCUT2D eigenvalue weighted by molar-refractivity contribution is 6.31. The average Bonchev–Trinajstić information content (AvgIpc) is 2.09. The van der Waals surface area contributed by atoms with Crippen molar-refractivity contribution in [3.63, 3.8) is 0 Å². The van der Waals surface area contributed by atoms with Crippen LogP contribution in [-0.2, 0) is 6.42 Å². The van der Waals surface area contributed by atoms with Crippen LogP contribution in [0.3, 0.4) is 0 Å². The summed E-state index contributed by atoms with van der Waals surface area (Å²) in [5, 5.41) is 22.9. The molecule has 14 heavy (non-hydrogen) atoms. The van der Waals surface area contributed by atoms with Gasteiger partial charge in [-0.1, -0.05) is 17.7 Å². The molecule has 1 aliphatic rings. The normalized spacial score (nSPS) is 19.0. The molecule has 2 rings (SSSR count). The first-order chi connectivity index (χ1) is 6.61. The van der Waals surface area contributed by atoms with Gasteiger partial charge in [-0.2, -0.15) is 0 Å². The number of benzene rings is 1. The molecule has 0 atom stereocenters. The third-order valence-corrected chi connectivity index (χ3v) is 2.86. The van der Waals surface area contributed by atoms with Crippen LogP contribution in [0.25, 0.3) is 0 Å². The minimum Gasteiger partial charge on any atom is -0.508 e. The Balaban J connectivity index is 2.23. The fourth-order valence-electron chi connectivity index (χ4n) is 1.59. The van der Waals surface area contributed by atoms with E-state index in [4.69, 9.17) is 11.6 Å². The Labute approximate surface area is 87.3 Å². The third-order valence-electron chi connectivity index (χ3n) is 2.51. The largest absolute Gasteiger partial charge is 0.508 e. The van der Waals surface area contributed by atoms with E-state index in [-0.39, 0.29) is 5.75 Å². The smallest absolute Gasteiger partial charge is 0.120 e. The third kappa shape index (κ3) is 1.71. The fourth-order valence-corrected chi connectivity index (χ4v) is 1.83. The van der Waals surface area contributed by atoms with Crippen molar-refractivity contribution in [1.82, 2.24) is 5.32 Å². The van der Waals surface area contributed by atoms with E-state index in [9.17, 15) is 10.2 Å². The molecule has 0 unspecified atom stereocenters. The first kappa shape index (κ1) is 9.77. The Morgan fingerprint density at radius 1 is 1.43 bits per heavy atom. The first-order valence-electron chi connectivity index (χ1n) is 4.50. The first-order valence-corrected chi connectivity index (χ1v) is 4.88. The van der Waals surface area contributed by atoms with Crippen LogP contribution in [-0.4, -0.2) is 28.9 Å². The lowest BCUT2D eigenvalue weighted by atomic mass is 9.89. The molecule has 4 heteroatoms. The number of aliphatic hydroxyl groups is 1. The van der Waals surface area contributed by atoms with Crippen molar-refractivity contribution in [2.75, 3.05) is 13.1 Å². The molecule has 0 saturated carbocycles. The minimum atomic E-state index is -0.748. The van der Waals surface area contributed by atoms with Crippen molar-refractivity contribution in [1.29, 1.82) is 0 Å². The average molecular weight is 214 g/mol. The van der Waals surface area contributed by atoms with Crippen molar-refractivity contribution in [2.24, 2.45) is 0 Å². The van der Waals surface area contributed by atoms with E-state index < -0.39 is 5.60 Å². The fraction of sp³-hybridized carbons (Fsp3) is 0.400. The standard InChI is InChI=1S/C10H12ClNO2/c11-8-2-1-3-9(13)7(8)4-10(14)5-12-6-10/h1-3,12-14H,4-6H2. The zero-order valence-electron chi connectivity index (χ0n) is 7.63. The van der Waals surface area contributed by atoms with E-state index in [1.54, 1.807) is 18.2 Å². The highest BCUT2D eigenvalue weighted by Gasteiger charge is 2.35. The summed E-state index contributed by atoms with van der Waals surface area (Å²) >= 11 is 5.93. The molecule has 1 heterocycles. The second kappa shape index (κ2) is 3.42. The number of aromatic hydroxyl groups is 1. The van der Waals surface area contributed by atoms with Crippen LogP contribution in [0.4, 0.5) is 0 Å². The molecule has 1 saturated heterocycles. The number of rotatable bonds is 2. The zero-order valence-corrected chi connectivity index (χ0v) is 8.38. The molecule has 3 nitrogen and oxygen atoms in total. The Morgan fingerprint density at radius 3 is 2.64 bits per heavy atom. The van der Waals surface area contributed by atoms with E-state index in [2.05, 4.69) is 5.32 Å². The van der Waals surface area contributed by atoms with Gasteiger partial charge in [0, 0.05) is 30.1 Å². The van der Waals surface area contributed by atoms with Crippen LogP contribution < -0.4 is 5.32 Å². The molecular formula is C10H12ClNO2. The molecule has 0 radical (unpaired) electrons. The van der Waals surface area contributed by atoms with Crippen LogP contribution in [0.5, 0.6) is 5.75 Å². The maximum atomic E-state index is 9.88. The molecule has 0 spiro atoms. The lowest BCUT2D eigenvalue weighted by Crippen LogP contribution is -2.60. The second-order valence-electron chi connectivity index (χ2n) is 3.74. The zero-order chi connectivity index (χ0) is 10.2. The van der Waals surface area contributed by atoms with Crippen molar-refractivity contribution < 1.29 is 10.2 Å². The quantitative estimate of drug-likeness (QED) is 0.685. The Bertz CT molecular complexity index is 330. The van der Waals surface area contributed by atoms with Gasteiger partial charge < -0.3 is 15.5 Å². The van der Waals surface area contributed by atoms with Crippen LogP contribution in [0, 0.1) is 0 Å². The molecule has 76 valence electrons. The number of phenols is 1. The monoisotopic (exact) mass is 213 g/mol. The summed E-state index contributed by atoms with van der Waals surface area (Å²) in [5.41, 5.74) is -0.124. The Hall–Kier alpha value is -0.770. The number of halogens is 1. The maximum absolute atomic E-state index is 9.88. The SMILES string of the molecule is Oc1cccc(Cl)c1CC1(O)CNC1. The van der Waals surface area contributed by atoms with E-state index in [0.29, 0.717) is 30.1 Å². The highest BCUT2D eigenvalue weighted by atomic mass is 35.5.